The van der Waals surface area contributed by atoms with E-state index < -0.39 is 127 Å². The molecule has 0 bridgehead atoms. The molecule has 0 unspecified atom stereocenters. The van der Waals surface area contributed by atoms with Crippen LogP contribution in [0.25, 0.3) is 0 Å². The van der Waals surface area contributed by atoms with Crippen molar-refractivity contribution in [3.63, 3.8) is 0 Å². The maximum Gasteiger partial charge on any atom is 0.407 e. The number of guanidine groups is 2. The summed E-state index contributed by atoms with van der Waals surface area (Å²) in [4.78, 5) is 76.4. The van der Waals surface area contributed by atoms with Crippen molar-refractivity contribution in [3.05, 3.63) is 23.7 Å². The van der Waals surface area contributed by atoms with Crippen LogP contribution < -0.4 is 38.1 Å². The second-order valence-electron chi connectivity index (χ2n) is 17.0. The highest BCUT2D eigenvalue weighted by atomic mass is 16.6. The van der Waals surface area contributed by atoms with Crippen LogP contribution in [0.15, 0.2) is 23.7 Å². The van der Waals surface area contributed by atoms with Gasteiger partial charge in [-0.1, -0.05) is 13.8 Å². The molecule has 0 radical (unpaired) electrons. The zero-order valence-electron chi connectivity index (χ0n) is 43.4. The fourth-order valence-electron chi connectivity index (χ4n) is 7.35. The Morgan fingerprint density at radius 3 is 1.49 bits per heavy atom. The summed E-state index contributed by atoms with van der Waals surface area (Å²) in [7, 11) is 0. The van der Waals surface area contributed by atoms with Crippen LogP contribution in [0.2, 0.25) is 0 Å². The molecule has 17 N–H and O–H groups in total. The predicted octanol–water partition coefficient (Wildman–Crippen LogP) is -4.81. The molecule has 2 rings (SSSR count). The van der Waals surface area contributed by atoms with E-state index in [2.05, 4.69) is 26.6 Å². The molecule has 0 spiro atoms. The molecule has 10 atom stereocenters. The number of carbonyl (C=O) groups excluding carboxylic acids is 4. The van der Waals surface area contributed by atoms with E-state index in [1.54, 1.807) is 6.92 Å². The number of hydrogen-bond acceptors (Lipinski definition) is 22. The second-order valence-corrected chi connectivity index (χ2v) is 17.0. The number of rotatable bonds is 39. The Hall–Kier alpha value is -6.36. The van der Waals surface area contributed by atoms with Gasteiger partial charge in [0.1, 0.15) is 18.3 Å². The van der Waals surface area contributed by atoms with Gasteiger partial charge in [0.15, 0.2) is 30.2 Å². The molecular weight excluding hydrogens is 1030 g/mol. The molecule has 2 heterocycles. The Kier molecular flexibility index (Phi) is 32.4. The number of carboxylic acids is 2. The number of hydrogen-bond donors (Lipinski definition) is 15. The van der Waals surface area contributed by atoms with E-state index in [1.165, 1.54) is 11.0 Å². The molecular formula is C45H78N10O22. The quantitative estimate of drug-likeness (QED) is 0.0156. The van der Waals surface area contributed by atoms with Crippen molar-refractivity contribution in [2.24, 2.45) is 17.4 Å². The van der Waals surface area contributed by atoms with Gasteiger partial charge >= 0.3 is 24.1 Å². The molecule has 0 saturated carbocycles. The minimum absolute atomic E-state index is 0.0326. The molecule has 77 heavy (non-hydrogen) atoms. The fraction of sp³-hybridized carbons (Fsp3) is 0.733. The number of nitrogens with zero attached hydrogens (tertiary/aromatic N) is 1. The highest BCUT2D eigenvalue weighted by molar-refractivity contribution is 5.86. The molecule has 32 heteroatoms. The largest absolute Gasteiger partial charge is 0.479 e. The molecule has 0 aromatic rings. The first-order valence-corrected chi connectivity index (χ1v) is 24.7. The van der Waals surface area contributed by atoms with Gasteiger partial charge in [-0.15, -0.1) is 0 Å². The highest BCUT2D eigenvalue weighted by Crippen LogP contribution is 2.29. The van der Waals surface area contributed by atoms with E-state index in [9.17, 15) is 59.4 Å². The molecule has 2 aliphatic rings. The summed E-state index contributed by atoms with van der Waals surface area (Å²) in [6.45, 7) is 5.09. The maximum atomic E-state index is 13.4. The van der Waals surface area contributed by atoms with Gasteiger partial charge < -0.3 is 121 Å². The van der Waals surface area contributed by atoms with Crippen LogP contribution in [-0.4, -0.2) is 257 Å². The zero-order valence-corrected chi connectivity index (χ0v) is 43.4. The number of aliphatic carboxylic acids is 2. The number of nitrogens with two attached hydrogens (primary N) is 2. The standard InChI is InChI=1S/C45H78N10O22/c1-4-10-68-16-18-72-20-21-73-19-17-69-11-5-34(61)55(8-14-70-12-6-50-44(66)76-37(30(59)24-56)36-26(2)28(53-42(46)47)22-32(74-36)40(62)63)9-15-71-13-7-51-45(67)77-38(31(60)25-57)39-35(52-27(3)58)29(54-43(48)49)23-33(75-39)41(64)65/h22-23,26,28-31,35-39,56-57,59-60H,4-21,24-25H2,1-3H3,(H,50,66)(H,51,67)(H,52,58)(H,62,63)(H,64,65)(H4,46,47,53)(H4,48,49,54)/t26-,28+,29+,30-,31-,35-,36-,37-,38-,39-/m1/s1. The maximum absolute atomic E-state index is 13.4. The van der Waals surface area contributed by atoms with Crippen molar-refractivity contribution >= 4 is 47.9 Å². The average molecular weight is 1110 g/mol. The third-order valence-corrected chi connectivity index (χ3v) is 11.0. The Morgan fingerprint density at radius 2 is 1.05 bits per heavy atom. The number of ether oxygens (including phenoxy) is 10. The lowest BCUT2D eigenvalue weighted by Gasteiger charge is -2.41. The molecule has 0 aliphatic carbocycles. The SMILES string of the molecule is CCCOCCOCCOCCOCCC(=O)N(CCOCCNC(=O)O[C@@H]([C@@H]1OC(C(=O)O)=C[C@H](NC(=N)N)[C@H]1C)[C@H](O)CO)CCOCCNC(=O)O[C@@H]([C@@H]1OC(C(=O)O)=C[C@H](NC(=N)N)[C@H]1NC(C)=O)[C@H](O)CO. The van der Waals surface area contributed by atoms with Gasteiger partial charge in [-0.2, -0.15) is 0 Å². The Labute approximate surface area is 444 Å². The number of carboxylic acid groups (broad SMARTS) is 2. The molecule has 2 aliphatic heterocycles. The van der Waals surface area contributed by atoms with Crippen molar-refractivity contribution < 1.29 is 107 Å². The van der Waals surface area contributed by atoms with Crippen molar-refractivity contribution in [1.29, 1.82) is 10.8 Å². The topological polar surface area (TPSA) is 479 Å². The summed E-state index contributed by atoms with van der Waals surface area (Å²) in [5, 5.41) is 87.6. The summed E-state index contributed by atoms with van der Waals surface area (Å²) in [6.07, 6.45) is -9.03. The fourth-order valence-corrected chi connectivity index (χ4v) is 7.35. The average Bonchev–Trinajstić information content (AvgIpc) is 3.38. The number of aliphatic hydroxyl groups is 4. The molecule has 0 aromatic heterocycles. The summed E-state index contributed by atoms with van der Waals surface area (Å²) in [6, 6.07) is -3.36. The predicted molar refractivity (Wildman–Crippen MR) is 265 cm³/mol. The molecule has 0 saturated heterocycles. The monoisotopic (exact) mass is 1110 g/mol. The van der Waals surface area contributed by atoms with Crippen LogP contribution in [0.5, 0.6) is 0 Å². The minimum Gasteiger partial charge on any atom is -0.479 e. The summed E-state index contributed by atoms with van der Waals surface area (Å²) >= 11 is 0. The Morgan fingerprint density at radius 1 is 0.636 bits per heavy atom. The van der Waals surface area contributed by atoms with E-state index in [0.29, 0.717) is 33.0 Å². The van der Waals surface area contributed by atoms with E-state index in [4.69, 9.17) is 69.7 Å². The number of amides is 4. The van der Waals surface area contributed by atoms with Gasteiger partial charge in [-0.05, 0) is 18.6 Å². The van der Waals surface area contributed by atoms with Crippen molar-refractivity contribution in [2.45, 2.75) is 88.4 Å². The van der Waals surface area contributed by atoms with Gasteiger partial charge in [0, 0.05) is 45.6 Å². The van der Waals surface area contributed by atoms with Crippen molar-refractivity contribution in [1.82, 2.24) is 31.5 Å². The Balaban J connectivity index is 1.98. The van der Waals surface area contributed by atoms with Gasteiger partial charge in [0.25, 0.3) is 0 Å². The highest BCUT2D eigenvalue weighted by Gasteiger charge is 2.47. The lowest BCUT2D eigenvalue weighted by Crippen LogP contribution is -2.65. The number of nitrogens with one attached hydrogen (secondary N) is 7. The molecule has 440 valence electrons. The van der Waals surface area contributed by atoms with Crippen LogP contribution in [0.1, 0.15) is 33.6 Å². The first kappa shape index (κ1) is 66.8. The lowest BCUT2D eigenvalue weighted by atomic mass is 9.87. The third-order valence-electron chi connectivity index (χ3n) is 11.0. The normalized spacial score (nSPS) is 20.5. The van der Waals surface area contributed by atoms with Crippen LogP contribution in [0.4, 0.5) is 9.59 Å². The van der Waals surface area contributed by atoms with E-state index >= 15 is 0 Å². The van der Waals surface area contributed by atoms with Gasteiger partial charge in [0.05, 0.1) is 110 Å². The van der Waals surface area contributed by atoms with Gasteiger partial charge in [-0.3, -0.25) is 20.4 Å². The summed E-state index contributed by atoms with van der Waals surface area (Å²) in [5.41, 5.74) is 10.9. The van der Waals surface area contributed by atoms with Gasteiger partial charge in [-0.25, -0.2) is 19.2 Å². The minimum atomic E-state index is -1.85. The summed E-state index contributed by atoms with van der Waals surface area (Å²) in [5.74, 6) is -7.12. The summed E-state index contributed by atoms with van der Waals surface area (Å²) < 4.78 is 55.0. The number of alkyl carbamates (subject to hydrolysis) is 2. The number of carbonyl (C=O) groups is 6. The molecule has 4 amide bonds. The van der Waals surface area contributed by atoms with Gasteiger partial charge in [0.2, 0.25) is 23.3 Å². The molecule has 0 aromatic carbocycles. The van der Waals surface area contributed by atoms with E-state index in [-0.39, 0.29) is 84.8 Å². The van der Waals surface area contributed by atoms with E-state index in [0.717, 1.165) is 19.4 Å². The molecule has 32 nitrogen and oxygen atoms in total. The van der Waals surface area contributed by atoms with Crippen molar-refractivity contribution in [3.8, 4) is 0 Å². The van der Waals surface area contributed by atoms with Crippen LogP contribution in [0.3, 0.4) is 0 Å². The second kappa shape index (κ2) is 37.4. The van der Waals surface area contributed by atoms with Crippen LogP contribution in [-0.2, 0) is 66.5 Å². The van der Waals surface area contributed by atoms with Crippen molar-refractivity contribution in [2.75, 3.05) is 119 Å². The van der Waals surface area contributed by atoms with Crippen LogP contribution in [0, 0.1) is 16.7 Å². The lowest BCUT2D eigenvalue weighted by molar-refractivity contribution is -0.147. The van der Waals surface area contributed by atoms with Crippen LogP contribution >= 0.6 is 0 Å². The Bertz CT molecular complexity index is 1920. The third kappa shape index (κ3) is 26.0. The molecule has 0 fully saturated rings. The first-order valence-electron chi connectivity index (χ1n) is 24.7. The zero-order chi connectivity index (χ0) is 57.3. The number of aliphatic hydroxyl groups excluding tert-OH is 4. The first-order chi connectivity index (χ1) is 36.7. The van der Waals surface area contributed by atoms with E-state index in [1.807, 2.05) is 6.92 Å². The smallest absolute Gasteiger partial charge is 0.407 e.